The lowest BCUT2D eigenvalue weighted by molar-refractivity contribution is 0.0992. The van der Waals surface area contributed by atoms with Crippen LogP contribution in [0, 0.1) is 19.7 Å². The van der Waals surface area contributed by atoms with Gasteiger partial charge >= 0.3 is 0 Å². The van der Waals surface area contributed by atoms with Gasteiger partial charge in [0.1, 0.15) is 17.1 Å². The van der Waals surface area contributed by atoms with Crippen molar-refractivity contribution in [2.45, 2.75) is 27.3 Å². The van der Waals surface area contributed by atoms with Gasteiger partial charge in [0.05, 0.1) is 22.2 Å². The van der Waals surface area contributed by atoms with Gasteiger partial charge in [-0.15, -0.1) is 0 Å². The number of carbonyl (C=O) groups is 2. The topological polar surface area (TPSA) is 147 Å². The fourth-order valence-corrected chi connectivity index (χ4v) is 4.81. The van der Waals surface area contributed by atoms with Crippen LogP contribution in [-0.4, -0.2) is 30.9 Å². The van der Waals surface area contributed by atoms with Gasteiger partial charge in [0.2, 0.25) is 0 Å². The van der Waals surface area contributed by atoms with E-state index in [0.29, 0.717) is 40.3 Å². The first kappa shape index (κ1) is 26.4. The largest absolute Gasteiger partial charge is 0.381 e. The molecule has 12 heteroatoms. The number of aromatic nitrogens is 4. The molecule has 40 heavy (non-hydrogen) atoms. The zero-order chi connectivity index (χ0) is 28.9. The molecule has 0 saturated heterocycles. The zero-order valence-electron chi connectivity index (χ0n) is 22.1. The third-order valence-electron chi connectivity index (χ3n) is 6.57. The number of halogens is 1. The Hall–Kier alpha value is -5.26. The SMILES string of the molecule is CCn1c2c(C(=O)Nc3ccc(F)c(C(N)=O)c3)nc(C)cc2c(=O)n1-c1ccc(-c2c(C)on(C)c2=O)cc1. The minimum absolute atomic E-state index is 0.0215. The molecule has 0 saturated carbocycles. The number of pyridine rings is 1. The lowest BCUT2D eigenvalue weighted by atomic mass is 10.1. The number of hydrogen-bond donors (Lipinski definition) is 2. The Labute approximate surface area is 226 Å². The fourth-order valence-electron chi connectivity index (χ4n) is 4.81. The Morgan fingerprint density at radius 1 is 1.05 bits per heavy atom. The van der Waals surface area contributed by atoms with E-state index < -0.39 is 17.6 Å². The molecular formula is C28H25FN6O5. The van der Waals surface area contributed by atoms with Crippen molar-refractivity contribution in [1.29, 1.82) is 0 Å². The van der Waals surface area contributed by atoms with Gasteiger partial charge in [-0.05, 0) is 62.7 Å². The molecule has 3 N–H and O–H groups in total. The number of amides is 2. The van der Waals surface area contributed by atoms with E-state index in [2.05, 4.69) is 10.3 Å². The van der Waals surface area contributed by atoms with E-state index in [1.807, 2.05) is 6.92 Å². The number of rotatable bonds is 6. The number of fused-ring (bicyclic) bond motifs is 1. The molecule has 3 aromatic heterocycles. The van der Waals surface area contributed by atoms with Crippen molar-refractivity contribution in [3.8, 4) is 16.8 Å². The van der Waals surface area contributed by atoms with Gasteiger partial charge in [0, 0.05) is 25.0 Å². The predicted octanol–water partition coefficient (Wildman–Crippen LogP) is 3.27. The standard InChI is InChI=1S/C28H25FN6O5/c1-5-34-24-20(12-14(2)31-23(24)26(37)32-17-8-11-21(29)19(13-17)25(30)36)27(38)35(34)18-9-6-16(7-10-18)22-15(3)40-33(4)28(22)39/h6-13H,5H2,1-4H3,(H2,30,36)(H,32,37). The molecular weight excluding hydrogens is 519 g/mol. The molecule has 3 heterocycles. The third-order valence-corrected chi connectivity index (χ3v) is 6.57. The van der Waals surface area contributed by atoms with Crippen molar-refractivity contribution in [1.82, 2.24) is 19.1 Å². The van der Waals surface area contributed by atoms with E-state index in [1.165, 1.54) is 17.8 Å². The minimum Gasteiger partial charge on any atom is -0.381 e. The third kappa shape index (κ3) is 4.28. The monoisotopic (exact) mass is 544 g/mol. The van der Waals surface area contributed by atoms with Crippen LogP contribution in [0.3, 0.4) is 0 Å². The van der Waals surface area contributed by atoms with Crippen molar-refractivity contribution in [3.63, 3.8) is 0 Å². The molecule has 0 aliphatic carbocycles. The number of nitrogens with one attached hydrogen (secondary N) is 1. The molecule has 0 fully saturated rings. The van der Waals surface area contributed by atoms with Gasteiger partial charge in [-0.2, -0.15) is 4.74 Å². The normalized spacial score (nSPS) is 11.2. The molecule has 0 aliphatic rings. The summed E-state index contributed by atoms with van der Waals surface area (Å²) in [6, 6.07) is 11.9. The van der Waals surface area contributed by atoms with Crippen LogP contribution >= 0.6 is 0 Å². The number of carbonyl (C=O) groups excluding carboxylic acids is 2. The lowest BCUT2D eigenvalue weighted by Gasteiger charge is -2.13. The van der Waals surface area contributed by atoms with E-state index in [0.717, 1.165) is 16.9 Å². The van der Waals surface area contributed by atoms with Crippen LogP contribution in [0.1, 0.15) is 39.2 Å². The maximum atomic E-state index is 13.9. The molecule has 0 aliphatic heterocycles. The van der Waals surface area contributed by atoms with Crippen LogP contribution in [0.2, 0.25) is 0 Å². The van der Waals surface area contributed by atoms with Gasteiger partial charge in [-0.3, -0.25) is 23.9 Å². The molecule has 11 nitrogen and oxygen atoms in total. The molecule has 2 aromatic carbocycles. The highest BCUT2D eigenvalue weighted by Gasteiger charge is 2.23. The molecule has 2 amide bonds. The van der Waals surface area contributed by atoms with Crippen LogP contribution in [0.15, 0.2) is 62.6 Å². The number of aryl methyl sites for hydroxylation is 4. The minimum atomic E-state index is -0.976. The Morgan fingerprint density at radius 3 is 2.35 bits per heavy atom. The predicted molar refractivity (Wildman–Crippen MR) is 146 cm³/mol. The van der Waals surface area contributed by atoms with Crippen molar-refractivity contribution >= 4 is 28.4 Å². The van der Waals surface area contributed by atoms with Crippen LogP contribution in [-0.2, 0) is 13.6 Å². The number of primary amides is 1. The molecule has 204 valence electrons. The van der Waals surface area contributed by atoms with Gasteiger partial charge in [0.25, 0.3) is 22.9 Å². The second-order valence-electron chi connectivity index (χ2n) is 9.23. The van der Waals surface area contributed by atoms with Crippen LogP contribution in [0.25, 0.3) is 27.7 Å². The zero-order valence-corrected chi connectivity index (χ0v) is 22.1. The van der Waals surface area contributed by atoms with E-state index in [-0.39, 0.29) is 33.4 Å². The van der Waals surface area contributed by atoms with Crippen molar-refractivity contribution in [3.05, 3.63) is 97.8 Å². The quantitative estimate of drug-likeness (QED) is 0.335. The highest BCUT2D eigenvalue weighted by Crippen LogP contribution is 2.25. The van der Waals surface area contributed by atoms with Crippen LogP contribution < -0.4 is 22.2 Å². The molecule has 0 radical (unpaired) electrons. The summed E-state index contributed by atoms with van der Waals surface area (Å²) in [6.07, 6.45) is 0. The van der Waals surface area contributed by atoms with Crippen LogP contribution in [0.5, 0.6) is 0 Å². The number of nitrogens with two attached hydrogens (primary N) is 1. The summed E-state index contributed by atoms with van der Waals surface area (Å²) in [4.78, 5) is 55.4. The second kappa shape index (κ2) is 9.80. The summed E-state index contributed by atoms with van der Waals surface area (Å²) in [5.74, 6) is -1.97. The van der Waals surface area contributed by atoms with Gasteiger partial charge in [-0.1, -0.05) is 12.1 Å². The lowest BCUT2D eigenvalue weighted by Crippen LogP contribution is -2.21. The van der Waals surface area contributed by atoms with Gasteiger partial charge in [-0.25, -0.2) is 14.1 Å². The first-order valence-electron chi connectivity index (χ1n) is 12.3. The first-order valence-corrected chi connectivity index (χ1v) is 12.3. The maximum absolute atomic E-state index is 13.9. The van der Waals surface area contributed by atoms with Gasteiger partial charge < -0.3 is 15.6 Å². The summed E-state index contributed by atoms with van der Waals surface area (Å²) >= 11 is 0. The summed E-state index contributed by atoms with van der Waals surface area (Å²) in [5.41, 5.74) is 6.65. The van der Waals surface area contributed by atoms with Crippen molar-refractivity contribution < 1.29 is 18.5 Å². The number of anilines is 1. The summed E-state index contributed by atoms with van der Waals surface area (Å²) in [7, 11) is 1.53. The van der Waals surface area contributed by atoms with E-state index in [4.69, 9.17) is 10.3 Å². The van der Waals surface area contributed by atoms with Crippen molar-refractivity contribution in [2.24, 2.45) is 12.8 Å². The summed E-state index contributed by atoms with van der Waals surface area (Å²) in [6.45, 7) is 5.50. The highest BCUT2D eigenvalue weighted by atomic mass is 19.1. The smallest absolute Gasteiger partial charge is 0.290 e. The first-order chi connectivity index (χ1) is 19.0. The number of benzene rings is 2. The Bertz CT molecular complexity index is 1950. The molecule has 5 rings (SSSR count). The average Bonchev–Trinajstić information content (AvgIpc) is 3.34. The Balaban J connectivity index is 1.62. The maximum Gasteiger partial charge on any atom is 0.290 e. The number of hydrogen-bond acceptors (Lipinski definition) is 6. The van der Waals surface area contributed by atoms with Crippen LogP contribution in [0.4, 0.5) is 10.1 Å². The average molecular weight is 545 g/mol. The Morgan fingerprint density at radius 2 is 1.75 bits per heavy atom. The highest BCUT2D eigenvalue weighted by molar-refractivity contribution is 6.11. The second-order valence-corrected chi connectivity index (χ2v) is 9.23. The molecule has 0 atom stereocenters. The molecule has 5 aromatic rings. The molecule has 0 spiro atoms. The molecule has 0 bridgehead atoms. The van der Waals surface area contributed by atoms with Gasteiger partial charge in [0.15, 0.2) is 5.69 Å². The van der Waals surface area contributed by atoms with E-state index >= 15 is 0 Å². The summed E-state index contributed by atoms with van der Waals surface area (Å²) in [5, 5.41) is 2.89. The van der Waals surface area contributed by atoms with Crippen molar-refractivity contribution in [2.75, 3.05) is 5.32 Å². The fraction of sp³-hybridized carbons (Fsp3) is 0.179. The Kier molecular flexibility index (Phi) is 6.46. The van der Waals surface area contributed by atoms with E-state index in [1.54, 1.807) is 48.9 Å². The van der Waals surface area contributed by atoms with E-state index in [9.17, 15) is 23.6 Å². The number of nitrogens with zero attached hydrogens (tertiary/aromatic N) is 4. The molecule has 0 unspecified atom stereocenters. The summed E-state index contributed by atoms with van der Waals surface area (Å²) < 4.78 is 23.5.